The lowest BCUT2D eigenvalue weighted by Gasteiger charge is -2.25. The van der Waals surface area contributed by atoms with Gasteiger partial charge in [0.2, 0.25) is 10.0 Å². The molecule has 1 fully saturated rings. The zero-order chi connectivity index (χ0) is 15.4. The third kappa shape index (κ3) is 3.48. The Balaban J connectivity index is 1.67. The van der Waals surface area contributed by atoms with Crippen molar-refractivity contribution in [3.8, 4) is 0 Å². The van der Waals surface area contributed by atoms with E-state index in [9.17, 15) is 8.42 Å². The quantitative estimate of drug-likeness (QED) is 0.911. The number of pyridine rings is 1. The van der Waals surface area contributed by atoms with Crippen molar-refractivity contribution >= 4 is 27.2 Å². The summed E-state index contributed by atoms with van der Waals surface area (Å²) >= 11 is 1.68. The Bertz CT molecular complexity index is 691. The molecule has 7 heteroatoms. The number of thiophene rings is 1. The molecule has 0 radical (unpaired) electrons. The van der Waals surface area contributed by atoms with Gasteiger partial charge in [-0.15, -0.1) is 11.3 Å². The number of piperidine rings is 1. The van der Waals surface area contributed by atoms with E-state index in [-0.39, 0.29) is 4.90 Å². The first kappa shape index (κ1) is 15.5. The van der Waals surface area contributed by atoms with Crippen LogP contribution in [0.4, 0.5) is 5.82 Å². The van der Waals surface area contributed by atoms with E-state index in [1.165, 1.54) is 11.1 Å². The molecular formula is C15H19N3O2S2. The highest BCUT2D eigenvalue weighted by atomic mass is 32.2. The summed E-state index contributed by atoms with van der Waals surface area (Å²) < 4.78 is 26.6. The molecule has 0 spiro atoms. The second-order valence-electron chi connectivity index (χ2n) is 5.28. The molecule has 22 heavy (non-hydrogen) atoms. The maximum absolute atomic E-state index is 12.5. The van der Waals surface area contributed by atoms with E-state index in [0.29, 0.717) is 25.5 Å². The number of nitrogens with one attached hydrogen (secondary N) is 1. The molecule has 5 nitrogen and oxygen atoms in total. The Morgan fingerprint density at radius 2 is 2.00 bits per heavy atom. The summed E-state index contributed by atoms with van der Waals surface area (Å²) in [7, 11) is -3.39. The summed E-state index contributed by atoms with van der Waals surface area (Å²) in [6, 6.07) is 7.41. The molecule has 0 amide bonds. The number of sulfonamides is 1. The van der Waals surface area contributed by atoms with Gasteiger partial charge in [-0.25, -0.2) is 13.4 Å². The van der Waals surface area contributed by atoms with Gasteiger partial charge in [0.25, 0.3) is 0 Å². The van der Waals surface area contributed by atoms with Gasteiger partial charge in [-0.05, 0) is 36.4 Å². The third-order valence-corrected chi connectivity index (χ3v) is 6.47. The topological polar surface area (TPSA) is 62.3 Å². The highest BCUT2D eigenvalue weighted by Crippen LogP contribution is 2.21. The monoisotopic (exact) mass is 337 g/mol. The molecule has 2 aromatic rings. The molecule has 3 heterocycles. The van der Waals surface area contributed by atoms with E-state index in [1.54, 1.807) is 27.8 Å². The van der Waals surface area contributed by atoms with Crippen molar-refractivity contribution in [2.24, 2.45) is 0 Å². The lowest BCUT2D eigenvalue weighted by atomic mass is 10.2. The summed E-state index contributed by atoms with van der Waals surface area (Å²) in [5.74, 6) is 0.686. The van der Waals surface area contributed by atoms with Crippen LogP contribution in [0.1, 0.15) is 24.1 Å². The molecule has 2 aromatic heterocycles. The molecule has 0 aromatic carbocycles. The Kier molecular flexibility index (Phi) is 4.75. The first-order valence-corrected chi connectivity index (χ1v) is 9.71. The molecule has 3 rings (SSSR count). The molecule has 1 aliphatic rings. The van der Waals surface area contributed by atoms with E-state index in [2.05, 4.69) is 10.3 Å². The van der Waals surface area contributed by atoms with Crippen molar-refractivity contribution in [2.45, 2.75) is 30.7 Å². The van der Waals surface area contributed by atoms with Gasteiger partial charge >= 0.3 is 0 Å². The number of hydrogen-bond acceptors (Lipinski definition) is 5. The Hall–Kier alpha value is -1.44. The van der Waals surface area contributed by atoms with Crippen molar-refractivity contribution < 1.29 is 8.42 Å². The summed E-state index contributed by atoms with van der Waals surface area (Å²) in [6.07, 6.45) is 4.43. The minimum absolute atomic E-state index is 0.274. The SMILES string of the molecule is O=S(=O)(c1ccc(NCc2cccs2)nc1)N1CCCCC1. The lowest BCUT2D eigenvalue weighted by Crippen LogP contribution is -2.35. The number of aromatic nitrogens is 1. The molecule has 0 bridgehead atoms. The van der Waals surface area contributed by atoms with Crippen LogP contribution in [0.5, 0.6) is 0 Å². The Labute approximate surface area is 135 Å². The minimum atomic E-state index is -3.39. The molecule has 118 valence electrons. The van der Waals surface area contributed by atoms with Crippen molar-refractivity contribution in [1.82, 2.24) is 9.29 Å². The average Bonchev–Trinajstić information content (AvgIpc) is 3.08. The van der Waals surface area contributed by atoms with Crippen LogP contribution >= 0.6 is 11.3 Å². The van der Waals surface area contributed by atoms with E-state index in [0.717, 1.165) is 19.3 Å². The smallest absolute Gasteiger partial charge is 0.244 e. The number of hydrogen-bond donors (Lipinski definition) is 1. The van der Waals surface area contributed by atoms with E-state index in [4.69, 9.17) is 0 Å². The van der Waals surface area contributed by atoms with Gasteiger partial charge in [-0.3, -0.25) is 0 Å². The highest BCUT2D eigenvalue weighted by molar-refractivity contribution is 7.89. The van der Waals surface area contributed by atoms with Gasteiger partial charge in [0.05, 0.1) is 6.54 Å². The maximum atomic E-state index is 12.5. The van der Waals surface area contributed by atoms with Crippen LogP contribution in [0.3, 0.4) is 0 Å². The van der Waals surface area contributed by atoms with Gasteiger partial charge in [-0.1, -0.05) is 12.5 Å². The largest absolute Gasteiger partial charge is 0.365 e. The second kappa shape index (κ2) is 6.76. The molecule has 1 N–H and O–H groups in total. The molecule has 0 unspecified atom stereocenters. The van der Waals surface area contributed by atoms with Crippen LogP contribution < -0.4 is 5.32 Å². The van der Waals surface area contributed by atoms with Crippen molar-refractivity contribution in [3.05, 3.63) is 40.7 Å². The summed E-state index contributed by atoms with van der Waals surface area (Å²) in [4.78, 5) is 5.72. The first-order chi connectivity index (χ1) is 10.7. The van der Waals surface area contributed by atoms with Crippen LogP contribution in [-0.4, -0.2) is 30.8 Å². The summed E-state index contributed by atoms with van der Waals surface area (Å²) in [6.45, 7) is 1.92. The van der Waals surface area contributed by atoms with Gasteiger partial charge < -0.3 is 5.32 Å². The maximum Gasteiger partial charge on any atom is 0.244 e. The molecule has 1 saturated heterocycles. The predicted molar refractivity (Wildman–Crippen MR) is 88.5 cm³/mol. The van der Waals surface area contributed by atoms with E-state index >= 15 is 0 Å². The van der Waals surface area contributed by atoms with Crippen molar-refractivity contribution in [1.29, 1.82) is 0 Å². The number of anilines is 1. The first-order valence-electron chi connectivity index (χ1n) is 7.39. The fourth-order valence-corrected chi connectivity index (χ4v) is 4.59. The average molecular weight is 337 g/mol. The molecule has 0 atom stereocenters. The van der Waals surface area contributed by atoms with Gasteiger partial charge in [-0.2, -0.15) is 4.31 Å². The molecule has 0 aliphatic carbocycles. The zero-order valence-corrected chi connectivity index (χ0v) is 13.9. The van der Waals surface area contributed by atoms with E-state index < -0.39 is 10.0 Å². The van der Waals surface area contributed by atoms with Crippen LogP contribution in [0, 0.1) is 0 Å². The molecule has 0 saturated carbocycles. The van der Waals surface area contributed by atoms with Crippen LogP contribution in [0.2, 0.25) is 0 Å². The predicted octanol–water partition coefficient (Wildman–Crippen LogP) is 2.93. The lowest BCUT2D eigenvalue weighted by molar-refractivity contribution is 0.346. The van der Waals surface area contributed by atoms with Crippen LogP contribution in [-0.2, 0) is 16.6 Å². The molecular weight excluding hydrogens is 318 g/mol. The van der Waals surface area contributed by atoms with Crippen molar-refractivity contribution in [3.63, 3.8) is 0 Å². The Morgan fingerprint density at radius 3 is 2.64 bits per heavy atom. The summed E-state index contributed by atoms with van der Waals surface area (Å²) in [5, 5.41) is 5.22. The standard InChI is InChI=1S/C15H19N3O2S2/c19-22(20,18-8-2-1-3-9-18)14-6-7-15(17-12-14)16-11-13-5-4-10-21-13/h4-7,10,12H,1-3,8-9,11H2,(H,16,17). The van der Waals surface area contributed by atoms with Gasteiger partial charge in [0.1, 0.15) is 10.7 Å². The number of rotatable bonds is 5. The van der Waals surface area contributed by atoms with E-state index in [1.807, 2.05) is 17.5 Å². The third-order valence-electron chi connectivity index (χ3n) is 3.71. The van der Waals surface area contributed by atoms with Crippen LogP contribution in [0.15, 0.2) is 40.7 Å². The Morgan fingerprint density at radius 1 is 1.18 bits per heavy atom. The normalized spacial score (nSPS) is 16.5. The molecule has 1 aliphatic heterocycles. The highest BCUT2D eigenvalue weighted by Gasteiger charge is 2.25. The fraction of sp³-hybridized carbons (Fsp3) is 0.400. The summed E-state index contributed by atoms with van der Waals surface area (Å²) in [5.41, 5.74) is 0. The fourth-order valence-electron chi connectivity index (χ4n) is 2.48. The van der Waals surface area contributed by atoms with Gasteiger partial charge in [0, 0.05) is 24.2 Å². The van der Waals surface area contributed by atoms with Gasteiger partial charge in [0.15, 0.2) is 0 Å². The zero-order valence-electron chi connectivity index (χ0n) is 12.2. The van der Waals surface area contributed by atoms with Crippen LogP contribution in [0.25, 0.3) is 0 Å². The minimum Gasteiger partial charge on any atom is -0.365 e. The second-order valence-corrected chi connectivity index (χ2v) is 8.25. The number of nitrogens with zero attached hydrogens (tertiary/aromatic N) is 2. The van der Waals surface area contributed by atoms with Crippen molar-refractivity contribution in [2.75, 3.05) is 18.4 Å².